The standard InChI is InChI=1S/C12H8F6O2/c13-11(14,15)10(12(16,17)18)9(19)7-1-2-8-6(5-7)3-4-20-8/h1-2,5,10H,3-4H2. The summed E-state index contributed by atoms with van der Waals surface area (Å²) in [7, 11) is 0. The van der Waals surface area contributed by atoms with Crippen LogP contribution in [-0.2, 0) is 6.42 Å². The Kier molecular flexibility index (Phi) is 3.43. The number of Topliss-reactive ketones (excluding diaryl/α,β-unsaturated/α-hetero) is 1. The van der Waals surface area contributed by atoms with Crippen LogP contribution in [0.2, 0.25) is 0 Å². The van der Waals surface area contributed by atoms with Gasteiger partial charge in [-0.25, -0.2) is 0 Å². The lowest BCUT2D eigenvalue weighted by molar-refractivity contribution is -0.264. The van der Waals surface area contributed by atoms with Gasteiger partial charge in [-0.3, -0.25) is 4.79 Å². The van der Waals surface area contributed by atoms with Crippen LogP contribution in [0.1, 0.15) is 15.9 Å². The third kappa shape index (κ3) is 2.73. The fourth-order valence-corrected chi connectivity index (χ4v) is 1.99. The molecule has 0 aromatic heterocycles. The lowest BCUT2D eigenvalue weighted by Gasteiger charge is -2.21. The molecule has 1 heterocycles. The number of hydrogen-bond acceptors (Lipinski definition) is 2. The Morgan fingerprint density at radius 2 is 1.70 bits per heavy atom. The average Bonchev–Trinajstić information content (AvgIpc) is 2.71. The molecule has 0 saturated carbocycles. The summed E-state index contributed by atoms with van der Waals surface area (Å²) in [6, 6.07) is 3.14. The van der Waals surface area contributed by atoms with Crippen LogP contribution in [0.25, 0.3) is 0 Å². The number of fused-ring (bicyclic) bond motifs is 1. The van der Waals surface area contributed by atoms with Gasteiger partial charge in [0.2, 0.25) is 5.92 Å². The highest BCUT2D eigenvalue weighted by atomic mass is 19.4. The van der Waals surface area contributed by atoms with E-state index >= 15 is 0 Å². The van der Waals surface area contributed by atoms with Gasteiger partial charge in [0.05, 0.1) is 6.61 Å². The van der Waals surface area contributed by atoms with Crippen LogP contribution in [0.3, 0.4) is 0 Å². The SMILES string of the molecule is O=C(c1ccc2c(c1)CCO2)C(C(F)(F)F)C(F)(F)F. The first-order chi connectivity index (χ1) is 9.10. The molecular weight excluding hydrogens is 290 g/mol. The van der Waals surface area contributed by atoms with E-state index in [0.717, 1.165) is 12.1 Å². The quantitative estimate of drug-likeness (QED) is 0.616. The highest BCUT2D eigenvalue weighted by Gasteiger charge is 2.60. The molecule has 2 rings (SSSR count). The Morgan fingerprint density at radius 3 is 2.25 bits per heavy atom. The van der Waals surface area contributed by atoms with Crippen LogP contribution < -0.4 is 4.74 Å². The Morgan fingerprint density at radius 1 is 1.10 bits per heavy atom. The molecule has 0 aliphatic carbocycles. The van der Waals surface area contributed by atoms with Gasteiger partial charge < -0.3 is 4.74 Å². The van der Waals surface area contributed by atoms with Crippen LogP contribution in [0.4, 0.5) is 26.3 Å². The summed E-state index contributed by atoms with van der Waals surface area (Å²) in [5.41, 5.74) is -0.187. The molecule has 0 saturated heterocycles. The predicted molar refractivity (Wildman–Crippen MR) is 55.6 cm³/mol. The van der Waals surface area contributed by atoms with Gasteiger partial charge in [-0.15, -0.1) is 0 Å². The summed E-state index contributed by atoms with van der Waals surface area (Å²) in [6.07, 6.45) is -11.0. The minimum absolute atomic E-state index is 0.287. The first-order valence-corrected chi connectivity index (χ1v) is 5.54. The number of rotatable bonds is 2. The molecule has 0 spiro atoms. The minimum atomic E-state index is -5.68. The van der Waals surface area contributed by atoms with E-state index in [4.69, 9.17) is 4.74 Å². The van der Waals surface area contributed by atoms with Crippen molar-refractivity contribution in [2.45, 2.75) is 18.8 Å². The topological polar surface area (TPSA) is 26.3 Å². The van der Waals surface area contributed by atoms with E-state index in [1.165, 1.54) is 6.07 Å². The summed E-state index contributed by atoms with van der Waals surface area (Å²) < 4.78 is 79.8. The normalized spacial score (nSPS) is 15.2. The number of hydrogen-bond donors (Lipinski definition) is 0. The largest absolute Gasteiger partial charge is 0.493 e. The van der Waals surface area contributed by atoms with E-state index in [-0.39, 0.29) is 6.61 Å². The monoisotopic (exact) mass is 298 g/mol. The first kappa shape index (κ1) is 14.7. The van der Waals surface area contributed by atoms with Crippen molar-refractivity contribution in [1.29, 1.82) is 0 Å². The molecule has 0 radical (unpaired) electrons. The van der Waals surface area contributed by atoms with E-state index in [1.54, 1.807) is 0 Å². The molecule has 1 aromatic rings. The molecule has 20 heavy (non-hydrogen) atoms. The zero-order valence-corrected chi connectivity index (χ0v) is 9.81. The van der Waals surface area contributed by atoms with Crippen molar-refractivity contribution in [2.24, 2.45) is 5.92 Å². The number of alkyl halides is 6. The maximum absolute atomic E-state index is 12.5. The molecule has 2 nitrogen and oxygen atoms in total. The van der Waals surface area contributed by atoms with Crippen molar-refractivity contribution >= 4 is 5.78 Å². The van der Waals surface area contributed by atoms with E-state index in [9.17, 15) is 31.1 Å². The highest BCUT2D eigenvalue weighted by Crippen LogP contribution is 2.41. The van der Waals surface area contributed by atoms with Crippen molar-refractivity contribution in [3.63, 3.8) is 0 Å². The first-order valence-electron chi connectivity index (χ1n) is 5.54. The summed E-state index contributed by atoms with van der Waals surface area (Å²) in [5.74, 6) is -5.63. The fourth-order valence-electron chi connectivity index (χ4n) is 1.99. The van der Waals surface area contributed by atoms with Gasteiger partial charge >= 0.3 is 12.4 Å². The summed E-state index contributed by atoms with van der Waals surface area (Å²) >= 11 is 0. The molecule has 0 N–H and O–H groups in total. The van der Waals surface area contributed by atoms with Crippen LogP contribution in [0.15, 0.2) is 18.2 Å². The van der Waals surface area contributed by atoms with Gasteiger partial charge in [-0.1, -0.05) is 0 Å². The Balaban J connectivity index is 2.38. The molecule has 1 aromatic carbocycles. The Labute approximate surface area is 109 Å². The van der Waals surface area contributed by atoms with Crippen molar-refractivity contribution in [3.8, 4) is 5.75 Å². The maximum Gasteiger partial charge on any atom is 0.407 e. The molecule has 1 aliphatic heterocycles. The van der Waals surface area contributed by atoms with Crippen molar-refractivity contribution in [1.82, 2.24) is 0 Å². The third-order valence-electron chi connectivity index (χ3n) is 2.89. The van der Waals surface area contributed by atoms with E-state index in [2.05, 4.69) is 0 Å². The van der Waals surface area contributed by atoms with Crippen LogP contribution in [0, 0.1) is 5.92 Å². The van der Waals surface area contributed by atoms with Crippen molar-refractivity contribution in [2.75, 3.05) is 6.61 Å². The average molecular weight is 298 g/mol. The van der Waals surface area contributed by atoms with Gasteiger partial charge in [-0.05, 0) is 23.8 Å². The van der Waals surface area contributed by atoms with Gasteiger partial charge in [0.15, 0.2) is 5.78 Å². The molecule has 0 atom stereocenters. The summed E-state index contributed by atoms with van der Waals surface area (Å²) in [6.45, 7) is 0.287. The molecule has 0 amide bonds. The Bertz CT molecular complexity index is 518. The number of carbonyl (C=O) groups excluding carboxylic acids is 1. The van der Waals surface area contributed by atoms with Gasteiger partial charge in [-0.2, -0.15) is 26.3 Å². The third-order valence-corrected chi connectivity index (χ3v) is 2.89. The molecular formula is C12H8F6O2. The second kappa shape index (κ2) is 4.68. The molecule has 0 bridgehead atoms. The van der Waals surface area contributed by atoms with Crippen LogP contribution in [0.5, 0.6) is 5.75 Å². The lowest BCUT2D eigenvalue weighted by atomic mass is 9.95. The molecule has 8 heteroatoms. The number of ether oxygens (including phenoxy) is 1. The fraction of sp³-hybridized carbons (Fsp3) is 0.417. The van der Waals surface area contributed by atoms with E-state index < -0.39 is 29.6 Å². The molecule has 110 valence electrons. The minimum Gasteiger partial charge on any atom is -0.493 e. The number of benzene rings is 1. The van der Waals surface area contributed by atoms with Crippen LogP contribution in [-0.4, -0.2) is 24.7 Å². The zero-order chi connectivity index (χ0) is 15.1. The maximum atomic E-state index is 12.5. The van der Waals surface area contributed by atoms with Crippen molar-refractivity contribution < 1.29 is 35.9 Å². The molecule has 0 unspecified atom stereocenters. The van der Waals surface area contributed by atoms with Gasteiger partial charge in [0.25, 0.3) is 0 Å². The smallest absolute Gasteiger partial charge is 0.407 e. The Hall–Kier alpha value is -1.73. The van der Waals surface area contributed by atoms with Crippen LogP contribution >= 0.6 is 0 Å². The van der Waals surface area contributed by atoms with Gasteiger partial charge in [0, 0.05) is 12.0 Å². The number of carbonyl (C=O) groups is 1. The molecule has 0 fully saturated rings. The molecule has 1 aliphatic rings. The zero-order valence-electron chi connectivity index (χ0n) is 9.81. The van der Waals surface area contributed by atoms with Gasteiger partial charge in [0.1, 0.15) is 5.75 Å². The van der Waals surface area contributed by atoms with Crippen molar-refractivity contribution in [3.05, 3.63) is 29.3 Å². The highest BCUT2D eigenvalue weighted by molar-refractivity contribution is 5.99. The predicted octanol–water partition coefficient (Wildman–Crippen LogP) is 3.55. The second-order valence-corrected chi connectivity index (χ2v) is 4.30. The lowest BCUT2D eigenvalue weighted by Crippen LogP contribution is -2.42. The second-order valence-electron chi connectivity index (χ2n) is 4.30. The van der Waals surface area contributed by atoms with E-state index in [1.807, 2.05) is 0 Å². The summed E-state index contributed by atoms with van der Waals surface area (Å²) in [5, 5.41) is 0. The number of ketones is 1. The number of halogens is 6. The van der Waals surface area contributed by atoms with E-state index in [0.29, 0.717) is 17.7 Å². The summed E-state index contributed by atoms with van der Waals surface area (Å²) in [4.78, 5) is 11.6.